The lowest BCUT2D eigenvalue weighted by Crippen LogP contribution is -2.34. The molecule has 1 aromatic carbocycles. The number of hydrogen-bond acceptors (Lipinski definition) is 5. The molecule has 22 heavy (non-hydrogen) atoms. The van der Waals surface area contributed by atoms with Crippen molar-refractivity contribution in [2.45, 2.75) is 25.0 Å². The predicted octanol–water partition coefficient (Wildman–Crippen LogP) is 1.23. The molecule has 3 atom stereocenters. The van der Waals surface area contributed by atoms with Gasteiger partial charge < -0.3 is 10.5 Å². The van der Waals surface area contributed by atoms with Gasteiger partial charge in [-0.2, -0.15) is 0 Å². The molecule has 1 saturated carbocycles. The molecular formula is C15H20FNO4S. The monoisotopic (exact) mass is 329 g/mol. The number of nitrogens with two attached hydrogens (primary N) is 1. The maximum Gasteiger partial charge on any atom is 0.315 e. The van der Waals surface area contributed by atoms with Crippen molar-refractivity contribution in [2.24, 2.45) is 11.1 Å². The minimum absolute atomic E-state index is 0.0868. The van der Waals surface area contributed by atoms with Crippen LogP contribution in [0.15, 0.2) is 24.3 Å². The zero-order valence-corrected chi connectivity index (χ0v) is 13.4. The van der Waals surface area contributed by atoms with E-state index in [0.29, 0.717) is 5.56 Å². The van der Waals surface area contributed by atoms with Crippen molar-refractivity contribution in [1.29, 1.82) is 0 Å². The molecule has 0 aliphatic heterocycles. The summed E-state index contributed by atoms with van der Waals surface area (Å²) in [4.78, 5) is 12.3. The molecule has 1 aromatic rings. The maximum absolute atomic E-state index is 13.1. The van der Waals surface area contributed by atoms with Gasteiger partial charge >= 0.3 is 5.97 Å². The van der Waals surface area contributed by atoms with Crippen LogP contribution in [-0.4, -0.2) is 38.5 Å². The number of hydrogen-bond donors (Lipinski definition) is 1. The Morgan fingerprint density at radius 1 is 1.32 bits per heavy atom. The zero-order chi connectivity index (χ0) is 16.5. The molecular weight excluding hydrogens is 309 g/mol. The Morgan fingerprint density at radius 2 is 1.91 bits per heavy atom. The highest BCUT2D eigenvalue weighted by Crippen LogP contribution is 2.63. The third kappa shape index (κ3) is 2.52. The average molecular weight is 329 g/mol. The van der Waals surface area contributed by atoms with Crippen LogP contribution in [0.5, 0.6) is 0 Å². The van der Waals surface area contributed by atoms with E-state index in [0.717, 1.165) is 0 Å². The topological polar surface area (TPSA) is 86.5 Å². The summed E-state index contributed by atoms with van der Waals surface area (Å²) in [5.41, 5.74) is 5.07. The van der Waals surface area contributed by atoms with Gasteiger partial charge in [0.15, 0.2) is 9.84 Å². The first kappa shape index (κ1) is 16.9. The van der Waals surface area contributed by atoms with Crippen LogP contribution >= 0.6 is 0 Å². The molecule has 122 valence electrons. The largest absolute Gasteiger partial charge is 0.465 e. The highest BCUT2D eigenvalue weighted by atomic mass is 32.2. The third-order valence-corrected chi connectivity index (χ3v) is 6.54. The van der Waals surface area contributed by atoms with Crippen molar-refractivity contribution in [3.8, 4) is 0 Å². The van der Waals surface area contributed by atoms with Crippen LogP contribution in [0.1, 0.15) is 25.3 Å². The summed E-state index contributed by atoms with van der Waals surface area (Å²) in [6.45, 7) is 3.20. The van der Waals surface area contributed by atoms with Crippen LogP contribution < -0.4 is 5.73 Å². The van der Waals surface area contributed by atoms with E-state index in [1.807, 2.05) is 0 Å². The van der Waals surface area contributed by atoms with Crippen LogP contribution in [0.4, 0.5) is 4.39 Å². The van der Waals surface area contributed by atoms with Gasteiger partial charge in [0.1, 0.15) is 11.2 Å². The Hall–Kier alpha value is -1.47. The molecule has 1 fully saturated rings. The van der Waals surface area contributed by atoms with Crippen LogP contribution in [0.25, 0.3) is 0 Å². The quantitative estimate of drug-likeness (QED) is 0.793. The van der Waals surface area contributed by atoms with E-state index in [4.69, 9.17) is 10.5 Å². The standard InChI is InChI=1S/C15H20FNO4S/c1-3-21-14(18)15(9-17)12(13(15)22(19,20)4-2)10-5-7-11(16)8-6-10/h5-8,12-13H,3-4,9,17H2,1-2H3/t12-,13+,15-/m1/s1. The molecule has 0 radical (unpaired) electrons. The second kappa shape index (κ2) is 5.96. The SMILES string of the molecule is CCOC(=O)[C@]1(CN)[C@H](c2ccc(F)cc2)[C@@H]1S(=O)(=O)CC. The minimum atomic E-state index is -3.49. The molecule has 0 unspecified atom stereocenters. The van der Waals surface area contributed by atoms with Crippen molar-refractivity contribution in [3.63, 3.8) is 0 Å². The van der Waals surface area contributed by atoms with Crippen LogP contribution in [0.2, 0.25) is 0 Å². The molecule has 0 heterocycles. The predicted molar refractivity (Wildman–Crippen MR) is 80.5 cm³/mol. The van der Waals surface area contributed by atoms with E-state index in [9.17, 15) is 17.6 Å². The molecule has 1 aliphatic carbocycles. The molecule has 7 heteroatoms. The summed E-state index contributed by atoms with van der Waals surface area (Å²) in [6, 6.07) is 5.48. The number of sulfone groups is 1. The van der Waals surface area contributed by atoms with Crippen molar-refractivity contribution >= 4 is 15.8 Å². The highest BCUT2D eigenvalue weighted by Gasteiger charge is 2.74. The van der Waals surface area contributed by atoms with Crippen molar-refractivity contribution in [2.75, 3.05) is 18.9 Å². The second-order valence-corrected chi connectivity index (χ2v) is 7.78. The summed E-state index contributed by atoms with van der Waals surface area (Å²) in [5, 5.41) is -0.917. The first-order valence-electron chi connectivity index (χ1n) is 7.19. The van der Waals surface area contributed by atoms with E-state index in [1.54, 1.807) is 6.92 Å². The van der Waals surface area contributed by atoms with E-state index >= 15 is 0 Å². The lowest BCUT2D eigenvalue weighted by molar-refractivity contribution is -0.149. The molecule has 1 aliphatic rings. The van der Waals surface area contributed by atoms with Gasteiger partial charge in [-0.3, -0.25) is 4.79 Å². The van der Waals surface area contributed by atoms with Gasteiger partial charge in [-0.25, -0.2) is 12.8 Å². The fourth-order valence-electron chi connectivity index (χ4n) is 3.09. The molecule has 0 spiro atoms. The van der Waals surface area contributed by atoms with E-state index in [2.05, 4.69) is 0 Å². The fourth-order valence-corrected chi connectivity index (χ4v) is 5.16. The van der Waals surface area contributed by atoms with Gasteiger partial charge in [-0.05, 0) is 24.6 Å². The van der Waals surface area contributed by atoms with E-state index in [1.165, 1.54) is 31.2 Å². The summed E-state index contributed by atoms with van der Waals surface area (Å²) in [7, 11) is -3.49. The number of carbonyl (C=O) groups is 1. The van der Waals surface area contributed by atoms with Gasteiger partial charge in [0.2, 0.25) is 0 Å². The lowest BCUT2D eigenvalue weighted by Gasteiger charge is -2.14. The first-order chi connectivity index (χ1) is 10.3. The number of halogens is 1. The molecule has 5 nitrogen and oxygen atoms in total. The van der Waals surface area contributed by atoms with E-state index in [-0.39, 0.29) is 18.9 Å². The van der Waals surface area contributed by atoms with Gasteiger partial charge in [0.25, 0.3) is 0 Å². The van der Waals surface area contributed by atoms with Crippen LogP contribution in [0, 0.1) is 11.2 Å². The molecule has 0 aromatic heterocycles. The molecule has 0 saturated heterocycles. The molecule has 0 amide bonds. The normalized spacial score (nSPS) is 27.5. The summed E-state index contributed by atoms with van der Waals surface area (Å²) >= 11 is 0. The Bertz CT molecular complexity index is 659. The fraction of sp³-hybridized carbons (Fsp3) is 0.533. The smallest absolute Gasteiger partial charge is 0.315 e. The van der Waals surface area contributed by atoms with Crippen LogP contribution in [-0.2, 0) is 19.4 Å². The highest BCUT2D eigenvalue weighted by molar-refractivity contribution is 7.92. The summed E-state index contributed by atoms with van der Waals surface area (Å²) in [6.07, 6.45) is 0. The molecule has 2 N–H and O–H groups in total. The Morgan fingerprint density at radius 3 is 2.36 bits per heavy atom. The number of ether oxygens (including phenoxy) is 1. The van der Waals surface area contributed by atoms with Crippen LogP contribution in [0.3, 0.4) is 0 Å². The van der Waals surface area contributed by atoms with Gasteiger partial charge in [-0.1, -0.05) is 19.1 Å². The Kier molecular flexibility index (Phi) is 4.58. The molecule has 0 bridgehead atoms. The molecule has 2 rings (SSSR count). The van der Waals surface area contributed by atoms with Gasteiger partial charge in [-0.15, -0.1) is 0 Å². The van der Waals surface area contributed by atoms with Gasteiger partial charge in [0, 0.05) is 18.2 Å². The first-order valence-corrected chi connectivity index (χ1v) is 8.91. The number of benzene rings is 1. The average Bonchev–Trinajstić information content (AvgIpc) is 3.20. The summed E-state index contributed by atoms with van der Waals surface area (Å²) in [5.74, 6) is -1.71. The second-order valence-electron chi connectivity index (χ2n) is 5.37. The Labute approximate surface area is 129 Å². The third-order valence-electron chi connectivity index (χ3n) is 4.27. The number of rotatable bonds is 6. The zero-order valence-electron chi connectivity index (χ0n) is 12.6. The number of carbonyl (C=O) groups excluding carboxylic acids is 1. The van der Waals surface area contributed by atoms with Crippen molar-refractivity contribution < 1.29 is 22.3 Å². The lowest BCUT2D eigenvalue weighted by atomic mass is 9.99. The van der Waals surface area contributed by atoms with Gasteiger partial charge in [0.05, 0.1) is 11.9 Å². The van der Waals surface area contributed by atoms with Crippen molar-refractivity contribution in [1.82, 2.24) is 0 Å². The summed E-state index contributed by atoms with van der Waals surface area (Å²) < 4.78 is 42.9. The van der Waals surface area contributed by atoms with Crippen molar-refractivity contribution in [3.05, 3.63) is 35.6 Å². The van der Waals surface area contributed by atoms with E-state index < -0.39 is 38.2 Å². The maximum atomic E-state index is 13.1. The Balaban J connectivity index is 2.49. The number of esters is 1. The minimum Gasteiger partial charge on any atom is -0.465 e.